The number of aromatic nitrogens is 1. The van der Waals surface area contributed by atoms with Crippen LogP contribution in [0.4, 0.5) is 0 Å². The third-order valence-corrected chi connectivity index (χ3v) is 2.71. The Balaban J connectivity index is 2.46. The number of nitrogens with one attached hydrogen (secondary N) is 1. The van der Waals surface area contributed by atoms with Crippen molar-refractivity contribution in [2.45, 2.75) is 34.2 Å². The highest BCUT2D eigenvalue weighted by molar-refractivity contribution is 7.09. The predicted octanol–water partition coefficient (Wildman–Crippen LogP) is 2.11. The molecule has 0 fully saturated rings. The fourth-order valence-electron chi connectivity index (χ4n) is 0.905. The number of carbonyl (C=O) groups is 1. The summed E-state index contributed by atoms with van der Waals surface area (Å²) in [6.07, 6.45) is 0. The maximum atomic E-state index is 11.5. The van der Waals surface area contributed by atoms with Gasteiger partial charge < -0.3 is 5.32 Å². The van der Waals surface area contributed by atoms with Gasteiger partial charge in [-0.1, -0.05) is 20.8 Å². The highest BCUT2D eigenvalue weighted by atomic mass is 32.1. The molecule has 0 aliphatic rings. The minimum atomic E-state index is -0.327. The second-order valence-electron chi connectivity index (χ2n) is 4.32. The van der Waals surface area contributed by atoms with E-state index in [1.807, 2.05) is 33.1 Å². The molecule has 78 valence electrons. The lowest BCUT2D eigenvalue weighted by molar-refractivity contribution is -0.128. The van der Waals surface area contributed by atoms with E-state index in [1.165, 1.54) is 0 Å². The Kier molecular flexibility index (Phi) is 3.26. The van der Waals surface area contributed by atoms with Gasteiger partial charge in [-0.2, -0.15) is 0 Å². The van der Waals surface area contributed by atoms with Crippen molar-refractivity contribution in [2.24, 2.45) is 5.41 Å². The van der Waals surface area contributed by atoms with Crippen molar-refractivity contribution >= 4 is 17.2 Å². The molecular weight excluding hydrogens is 196 g/mol. The Morgan fingerprint density at radius 1 is 1.57 bits per heavy atom. The Labute approximate surface area is 88.6 Å². The van der Waals surface area contributed by atoms with Crippen LogP contribution in [0, 0.1) is 12.3 Å². The molecule has 0 unspecified atom stereocenters. The highest BCUT2D eigenvalue weighted by Crippen LogP contribution is 2.14. The second kappa shape index (κ2) is 4.09. The molecule has 4 heteroatoms. The first-order chi connectivity index (χ1) is 6.39. The summed E-state index contributed by atoms with van der Waals surface area (Å²) in [4.78, 5) is 15.8. The molecule has 0 saturated carbocycles. The lowest BCUT2D eigenvalue weighted by Gasteiger charge is -2.16. The molecule has 0 radical (unpaired) electrons. The number of thiazole rings is 1. The van der Waals surface area contributed by atoms with Crippen LogP contribution >= 0.6 is 11.3 Å². The van der Waals surface area contributed by atoms with E-state index >= 15 is 0 Å². The van der Waals surface area contributed by atoms with Crippen molar-refractivity contribution in [1.29, 1.82) is 0 Å². The summed E-state index contributed by atoms with van der Waals surface area (Å²) in [5.41, 5.74) is 0.682. The molecule has 1 aromatic rings. The van der Waals surface area contributed by atoms with Crippen LogP contribution in [0.1, 0.15) is 31.5 Å². The van der Waals surface area contributed by atoms with Crippen LogP contribution < -0.4 is 5.32 Å². The molecule has 0 aliphatic carbocycles. The largest absolute Gasteiger partial charge is 0.349 e. The lowest BCUT2D eigenvalue weighted by atomic mass is 9.96. The molecule has 1 N–H and O–H groups in total. The molecular formula is C10H16N2OS. The Bertz CT molecular complexity index is 325. The minimum absolute atomic E-state index is 0.0605. The van der Waals surface area contributed by atoms with E-state index < -0.39 is 0 Å². The minimum Gasteiger partial charge on any atom is -0.349 e. The van der Waals surface area contributed by atoms with E-state index in [9.17, 15) is 4.79 Å². The van der Waals surface area contributed by atoms with Crippen LogP contribution in [0.5, 0.6) is 0 Å². The number of carbonyl (C=O) groups excluding carboxylic acids is 1. The first kappa shape index (κ1) is 11.2. The van der Waals surface area contributed by atoms with Crippen LogP contribution in [0.3, 0.4) is 0 Å². The monoisotopic (exact) mass is 212 g/mol. The molecule has 1 amide bonds. The van der Waals surface area contributed by atoms with Gasteiger partial charge in [-0.3, -0.25) is 4.79 Å². The van der Waals surface area contributed by atoms with Gasteiger partial charge in [0.05, 0.1) is 6.54 Å². The van der Waals surface area contributed by atoms with Crippen molar-refractivity contribution in [3.8, 4) is 0 Å². The van der Waals surface area contributed by atoms with Gasteiger partial charge in [0.2, 0.25) is 5.91 Å². The molecule has 14 heavy (non-hydrogen) atoms. The molecule has 0 bridgehead atoms. The van der Waals surface area contributed by atoms with Crippen molar-refractivity contribution in [1.82, 2.24) is 10.3 Å². The van der Waals surface area contributed by atoms with Crippen LogP contribution in [0.15, 0.2) is 5.38 Å². The zero-order valence-electron chi connectivity index (χ0n) is 9.05. The average molecular weight is 212 g/mol. The van der Waals surface area contributed by atoms with Crippen molar-refractivity contribution in [3.05, 3.63) is 16.1 Å². The highest BCUT2D eigenvalue weighted by Gasteiger charge is 2.20. The van der Waals surface area contributed by atoms with E-state index in [0.29, 0.717) is 6.54 Å². The van der Waals surface area contributed by atoms with Crippen LogP contribution in [-0.4, -0.2) is 10.9 Å². The van der Waals surface area contributed by atoms with Gasteiger partial charge in [0.15, 0.2) is 0 Å². The lowest BCUT2D eigenvalue weighted by Crippen LogP contribution is -2.34. The first-order valence-corrected chi connectivity index (χ1v) is 5.47. The third-order valence-electron chi connectivity index (χ3n) is 1.75. The molecule has 3 nitrogen and oxygen atoms in total. The van der Waals surface area contributed by atoms with Gasteiger partial charge in [0.25, 0.3) is 0 Å². The maximum Gasteiger partial charge on any atom is 0.225 e. The van der Waals surface area contributed by atoms with Gasteiger partial charge >= 0.3 is 0 Å². The molecule has 0 aliphatic heterocycles. The van der Waals surface area contributed by atoms with E-state index in [4.69, 9.17) is 0 Å². The van der Waals surface area contributed by atoms with E-state index in [0.717, 1.165) is 10.7 Å². The Morgan fingerprint density at radius 2 is 2.21 bits per heavy atom. The topological polar surface area (TPSA) is 42.0 Å². The average Bonchev–Trinajstić information content (AvgIpc) is 2.45. The van der Waals surface area contributed by atoms with Gasteiger partial charge in [0, 0.05) is 16.5 Å². The van der Waals surface area contributed by atoms with Gasteiger partial charge in [-0.05, 0) is 6.92 Å². The molecule has 0 atom stereocenters. The smallest absolute Gasteiger partial charge is 0.225 e. The van der Waals surface area contributed by atoms with Gasteiger partial charge in [0.1, 0.15) is 5.01 Å². The van der Waals surface area contributed by atoms with Gasteiger partial charge in [-0.25, -0.2) is 4.98 Å². The van der Waals surface area contributed by atoms with Crippen molar-refractivity contribution in [2.75, 3.05) is 0 Å². The van der Waals surface area contributed by atoms with Crippen molar-refractivity contribution in [3.63, 3.8) is 0 Å². The SMILES string of the molecule is Cc1csc(CNC(=O)C(C)(C)C)n1. The van der Waals surface area contributed by atoms with Crippen LogP contribution in [-0.2, 0) is 11.3 Å². The molecule has 1 aromatic heterocycles. The maximum absolute atomic E-state index is 11.5. The summed E-state index contributed by atoms with van der Waals surface area (Å²) in [5, 5.41) is 5.80. The second-order valence-corrected chi connectivity index (χ2v) is 5.26. The van der Waals surface area contributed by atoms with E-state index in [-0.39, 0.29) is 11.3 Å². The normalized spacial score (nSPS) is 11.4. The summed E-state index contributed by atoms with van der Waals surface area (Å²) < 4.78 is 0. The summed E-state index contributed by atoms with van der Waals surface area (Å²) in [6, 6.07) is 0. The molecule has 0 spiro atoms. The molecule has 1 rings (SSSR count). The number of aryl methyl sites for hydroxylation is 1. The number of nitrogens with zero attached hydrogens (tertiary/aromatic N) is 1. The van der Waals surface area contributed by atoms with Crippen molar-refractivity contribution < 1.29 is 4.79 Å². The van der Waals surface area contributed by atoms with Gasteiger partial charge in [-0.15, -0.1) is 11.3 Å². The summed E-state index contributed by atoms with van der Waals surface area (Å²) in [5.74, 6) is 0.0605. The summed E-state index contributed by atoms with van der Waals surface area (Å²) in [6.45, 7) is 8.18. The molecule has 1 heterocycles. The van der Waals surface area contributed by atoms with E-state index in [2.05, 4.69) is 10.3 Å². The zero-order chi connectivity index (χ0) is 10.8. The predicted molar refractivity (Wildman–Crippen MR) is 58.2 cm³/mol. The molecule has 0 saturated heterocycles. The first-order valence-electron chi connectivity index (χ1n) is 4.59. The Morgan fingerprint density at radius 3 is 2.64 bits per heavy atom. The zero-order valence-corrected chi connectivity index (χ0v) is 9.86. The quantitative estimate of drug-likeness (QED) is 0.816. The number of hydrogen-bond acceptors (Lipinski definition) is 3. The molecule has 0 aromatic carbocycles. The number of hydrogen-bond donors (Lipinski definition) is 1. The van der Waals surface area contributed by atoms with E-state index in [1.54, 1.807) is 11.3 Å². The summed E-state index contributed by atoms with van der Waals surface area (Å²) >= 11 is 1.58. The number of amides is 1. The fraction of sp³-hybridized carbons (Fsp3) is 0.600. The summed E-state index contributed by atoms with van der Waals surface area (Å²) in [7, 11) is 0. The van der Waals surface area contributed by atoms with Crippen LogP contribution in [0.25, 0.3) is 0 Å². The standard InChI is InChI=1S/C10H16N2OS/c1-7-6-14-8(12-7)5-11-9(13)10(2,3)4/h6H,5H2,1-4H3,(H,11,13). The third kappa shape index (κ3) is 3.10. The number of rotatable bonds is 2. The van der Waals surface area contributed by atoms with Crippen LogP contribution in [0.2, 0.25) is 0 Å². The fourth-order valence-corrected chi connectivity index (χ4v) is 1.62. The Hall–Kier alpha value is -0.900.